The van der Waals surface area contributed by atoms with Crippen LogP contribution < -0.4 is 9.80 Å². The number of rotatable bonds is 4. The molecule has 7 nitrogen and oxygen atoms in total. The van der Waals surface area contributed by atoms with Crippen LogP contribution >= 0.6 is 0 Å². The smallest absolute Gasteiger partial charge is 0.269 e. The van der Waals surface area contributed by atoms with Crippen molar-refractivity contribution in [3.8, 4) is 0 Å². The fourth-order valence-electron chi connectivity index (χ4n) is 4.46. The maximum Gasteiger partial charge on any atom is 0.269 e. The third kappa shape index (κ3) is 3.89. The Bertz CT molecular complexity index is 1300. The van der Waals surface area contributed by atoms with E-state index in [1.54, 1.807) is 6.08 Å². The monoisotopic (exact) mass is 439 g/mol. The number of carbonyl (C=O) groups excluding carboxylic acids is 2. The van der Waals surface area contributed by atoms with Gasteiger partial charge in [0, 0.05) is 36.5 Å². The van der Waals surface area contributed by atoms with Crippen molar-refractivity contribution in [1.29, 1.82) is 0 Å². The van der Waals surface area contributed by atoms with E-state index >= 15 is 0 Å². The normalized spacial score (nSPS) is 16.9. The minimum absolute atomic E-state index is 0.00696. The van der Waals surface area contributed by atoms with Gasteiger partial charge in [0.05, 0.1) is 17.0 Å². The minimum atomic E-state index is -0.515. The molecule has 2 aliphatic rings. The molecule has 0 bridgehead atoms. The first-order valence-corrected chi connectivity index (χ1v) is 10.7. The van der Waals surface area contributed by atoms with Gasteiger partial charge in [-0.3, -0.25) is 19.7 Å². The zero-order chi connectivity index (χ0) is 22.9. The lowest BCUT2D eigenvalue weighted by atomic mass is 9.98. The first-order valence-electron chi connectivity index (χ1n) is 10.7. The van der Waals surface area contributed by atoms with Crippen molar-refractivity contribution in [2.75, 3.05) is 16.3 Å². The highest BCUT2D eigenvalue weighted by molar-refractivity contribution is 6.29. The predicted octanol–water partition coefficient (Wildman–Crippen LogP) is 4.50. The Labute approximate surface area is 190 Å². The van der Waals surface area contributed by atoms with Gasteiger partial charge in [-0.25, -0.2) is 4.90 Å². The number of carbonyl (C=O) groups is 2. The standard InChI is InChI=1S/C26H21N3O4/c30-25-16-21(26(31)28(25)22-9-11-23(12-10-22)29(32)33)15-19-6-3-4-8-24(19)27-14-13-18-5-1-2-7-20(18)17-27/h1-12,15H,13-14,16-17H2. The zero-order valence-electron chi connectivity index (χ0n) is 17.8. The molecule has 0 N–H and O–H groups in total. The number of anilines is 2. The van der Waals surface area contributed by atoms with Gasteiger partial charge in [-0.05, 0) is 47.4 Å². The average molecular weight is 439 g/mol. The highest BCUT2D eigenvalue weighted by Crippen LogP contribution is 2.32. The first-order chi connectivity index (χ1) is 16.0. The second-order valence-corrected chi connectivity index (χ2v) is 8.15. The largest absolute Gasteiger partial charge is 0.366 e. The number of imide groups is 1. The molecule has 0 saturated carbocycles. The Balaban J connectivity index is 1.43. The topological polar surface area (TPSA) is 83.8 Å². The lowest BCUT2D eigenvalue weighted by Gasteiger charge is -2.32. The van der Waals surface area contributed by atoms with Gasteiger partial charge in [-0.15, -0.1) is 0 Å². The van der Waals surface area contributed by atoms with Gasteiger partial charge in [-0.1, -0.05) is 42.5 Å². The molecular formula is C26H21N3O4. The molecule has 2 aliphatic heterocycles. The predicted molar refractivity (Wildman–Crippen MR) is 126 cm³/mol. The molecule has 2 heterocycles. The van der Waals surface area contributed by atoms with Crippen molar-refractivity contribution in [3.05, 3.63) is 105 Å². The first kappa shape index (κ1) is 20.6. The van der Waals surface area contributed by atoms with Gasteiger partial charge in [0.15, 0.2) is 0 Å². The SMILES string of the molecule is O=C1CC(=Cc2ccccc2N2CCc3ccccc3C2)C(=O)N1c1ccc([N+](=O)[O-])cc1. The summed E-state index contributed by atoms with van der Waals surface area (Å²) in [7, 11) is 0. The molecule has 0 aromatic heterocycles. The Morgan fingerprint density at radius 3 is 2.33 bits per heavy atom. The van der Waals surface area contributed by atoms with Gasteiger partial charge >= 0.3 is 0 Å². The summed E-state index contributed by atoms with van der Waals surface area (Å²) in [6.07, 6.45) is 2.74. The van der Waals surface area contributed by atoms with Crippen molar-refractivity contribution in [3.63, 3.8) is 0 Å². The van der Waals surface area contributed by atoms with E-state index in [0.717, 1.165) is 35.7 Å². The fraction of sp³-hybridized carbons (Fsp3) is 0.154. The van der Waals surface area contributed by atoms with E-state index in [4.69, 9.17) is 0 Å². The van der Waals surface area contributed by atoms with Crippen LogP contribution in [0.4, 0.5) is 17.1 Å². The van der Waals surface area contributed by atoms with Crippen LogP contribution in [0.15, 0.2) is 78.4 Å². The van der Waals surface area contributed by atoms with Gasteiger partial charge in [0.1, 0.15) is 0 Å². The van der Waals surface area contributed by atoms with E-state index in [-0.39, 0.29) is 18.0 Å². The summed E-state index contributed by atoms with van der Waals surface area (Å²) in [5.41, 5.74) is 5.21. The molecular weight excluding hydrogens is 418 g/mol. The molecule has 164 valence electrons. The van der Waals surface area contributed by atoms with Gasteiger partial charge in [-0.2, -0.15) is 0 Å². The molecule has 0 spiro atoms. The highest BCUT2D eigenvalue weighted by Gasteiger charge is 2.35. The average Bonchev–Trinajstić information content (AvgIpc) is 3.11. The van der Waals surface area contributed by atoms with Crippen molar-refractivity contribution < 1.29 is 14.5 Å². The van der Waals surface area contributed by atoms with E-state index in [1.807, 2.05) is 30.3 Å². The number of hydrogen-bond donors (Lipinski definition) is 0. The second-order valence-electron chi connectivity index (χ2n) is 8.15. The van der Waals surface area contributed by atoms with Crippen molar-refractivity contribution in [1.82, 2.24) is 0 Å². The highest BCUT2D eigenvalue weighted by atomic mass is 16.6. The van der Waals surface area contributed by atoms with Gasteiger partial charge in [0.25, 0.3) is 11.6 Å². The maximum absolute atomic E-state index is 13.1. The van der Waals surface area contributed by atoms with Crippen LogP contribution in [0.2, 0.25) is 0 Å². The summed E-state index contributed by atoms with van der Waals surface area (Å²) in [6, 6.07) is 21.7. The third-order valence-electron chi connectivity index (χ3n) is 6.13. The summed E-state index contributed by atoms with van der Waals surface area (Å²) in [5.74, 6) is -0.739. The molecule has 0 aliphatic carbocycles. The summed E-state index contributed by atoms with van der Waals surface area (Å²) in [6.45, 7) is 1.66. The van der Waals surface area contributed by atoms with Gasteiger partial charge in [0.2, 0.25) is 5.91 Å². The Kier molecular flexibility index (Phi) is 5.22. The quantitative estimate of drug-likeness (QED) is 0.259. The molecule has 3 aromatic carbocycles. The minimum Gasteiger partial charge on any atom is -0.366 e. The van der Waals surface area contributed by atoms with Crippen molar-refractivity contribution in [2.24, 2.45) is 0 Å². The Hall–Kier alpha value is -4.26. The number of nitro benzene ring substituents is 1. The molecule has 1 fully saturated rings. The molecule has 7 heteroatoms. The number of nitro groups is 1. The molecule has 0 atom stereocenters. The van der Waals surface area contributed by atoms with E-state index in [1.165, 1.54) is 35.4 Å². The lowest BCUT2D eigenvalue weighted by molar-refractivity contribution is -0.384. The summed E-state index contributed by atoms with van der Waals surface area (Å²) in [4.78, 5) is 39.5. The van der Waals surface area contributed by atoms with Crippen LogP contribution in [-0.2, 0) is 22.6 Å². The molecule has 0 unspecified atom stereocenters. The Morgan fingerprint density at radius 2 is 1.58 bits per heavy atom. The fourth-order valence-corrected chi connectivity index (χ4v) is 4.46. The van der Waals surface area contributed by atoms with E-state index in [2.05, 4.69) is 23.1 Å². The summed E-state index contributed by atoms with van der Waals surface area (Å²) >= 11 is 0. The van der Waals surface area contributed by atoms with Crippen LogP contribution in [0.5, 0.6) is 0 Å². The summed E-state index contributed by atoms with van der Waals surface area (Å²) in [5, 5.41) is 10.9. The van der Waals surface area contributed by atoms with E-state index in [9.17, 15) is 19.7 Å². The maximum atomic E-state index is 13.1. The number of para-hydroxylation sites is 1. The van der Waals surface area contributed by atoms with Crippen LogP contribution in [0.25, 0.3) is 6.08 Å². The number of benzene rings is 3. The van der Waals surface area contributed by atoms with E-state index < -0.39 is 10.8 Å². The van der Waals surface area contributed by atoms with Crippen molar-refractivity contribution >= 4 is 35.0 Å². The molecule has 1 saturated heterocycles. The van der Waals surface area contributed by atoms with Gasteiger partial charge < -0.3 is 4.90 Å². The number of nitrogens with zero attached hydrogens (tertiary/aromatic N) is 3. The molecule has 0 radical (unpaired) electrons. The van der Waals surface area contributed by atoms with Crippen LogP contribution in [0, 0.1) is 10.1 Å². The van der Waals surface area contributed by atoms with Crippen LogP contribution in [0.1, 0.15) is 23.1 Å². The van der Waals surface area contributed by atoms with Crippen LogP contribution in [0.3, 0.4) is 0 Å². The third-order valence-corrected chi connectivity index (χ3v) is 6.13. The summed E-state index contributed by atoms with van der Waals surface area (Å²) < 4.78 is 0. The second kappa shape index (κ2) is 8.35. The molecule has 5 rings (SSSR count). The van der Waals surface area contributed by atoms with Crippen molar-refractivity contribution in [2.45, 2.75) is 19.4 Å². The lowest BCUT2D eigenvalue weighted by Crippen LogP contribution is -2.30. The zero-order valence-corrected chi connectivity index (χ0v) is 17.8. The number of non-ortho nitro benzene ring substituents is 1. The van der Waals surface area contributed by atoms with E-state index in [0.29, 0.717) is 11.3 Å². The molecule has 2 amide bonds. The number of fused-ring (bicyclic) bond motifs is 1. The Morgan fingerprint density at radius 1 is 0.879 bits per heavy atom. The molecule has 3 aromatic rings. The molecule has 33 heavy (non-hydrogen) atoms. The van der Waals surface area contributed by atoms with Crippen LogP contribution in [-0.4, -0.2) is 23.3 Å². The number of amides is 2. The number of hydrogen-bond acceptors (Lipinski definition) is 5.